The lowest BCUT2D eigenvalue weighted by Gasteiger charge is -2.09. The molecule has 0 fully saturated rings. The van der Waals surface area contributed by atoms with Crippen LogP contribution in [-0.4, -0.2) is 12.6 Å². The van der Waals surface area contributed by atoms with Crippen molar-refractivity contribution in [1.29, 1.82) is 0 Å². The molecule has 0 atom stereocenters. The van der Waals surface area contributed by atoms with E-state index in [0.29, 0.717) is 22.3 Å². The van der Waals surface area contributed by atoms with Gasteiger partial charge in [0.1, 0.15) is 0 Å². The SMILES string of the molecule is O=C(NCCCc1ccccc1)Nc1cccc(Cl)c1Cl. The molecule has 5 heteroatoms. The molecule has 2 N–H and O–H groups in total. The van der Waals surface area contributed by atoms with Crippen LogP contribution in [0.2, 0.25) is 10.0 Å². The van der Waals surface area contributed by atoms with E-state index in [9.17, 15) is 4.79 Å². The Labute approximate surface area is 134 Å². The van der Waals surface area contributed by atoms with Crippen molar-refractivity contribution in [3.63, 3.8) is 0 Å². The van der Waals surface area contributed by atoms with Crippen LogP contribution in [-0.2, 0) is 6.42 Å². The molecular formula is C16H16Cl2N2O. The van der Waals surface area contributed by atoms with Crippen LogP contribution in [0.25, 0.3) is 0 Å². The van der Waals surface area contributed by atoms with E-state index in [1.165, 1.54) is 5.56 Å². The molecule has 0 heterocycles. The summed E-state index contributed by atoms with van der Waals surface area (Å²) in [6.07, 6.45) is 1.81. The monoisotopic (exact) mass is 322 g/mol. The Bertz CT molecular complexity index is 602. The minimum absolute atomic E-state index is 0.285. The number of anilines is 1. The fraction of sp³-hybridized carbons (Fsp3) is 0.188. The van der Waals surface area contributed by atoms with Gasteiger partial charge in [-0.2, -0.15) is 0 Å². The fourth-order valence-corrected chi connectivity index (χ4v) is 2.25. The molecule has 0 aliphatic rings. The van der Waals surface area contributed by atoms with Gasteiger partial charge in [-0.15, -0.1) is 0 Å². The van der Waals surface area contributed by atoms with Gasteiger partial charge in [0.2, 0.25) is 0 Å². The number of urea groups is 1. The topological polar surface area (TPSA) is 41.1 Å². The van der Waals surface area contributed by atoms with Crippen LogP contribution in [0.1, 0.15) is 12.0 Å². The number of carbonyl (C=O) groups is 1. The lowest BCUT2D eigenvalue weighted by Crippen LogP contribution is -2.29. The van der Waals surface area contributed by atoms with Gasteiger partial charge in [0, 0.05) is 6.54 Å². The Morgan fingerprint density at radius 3 is 2.52 bits per heavy atom. The average molecular weight is 323 g/mol. The third-order valence-electron chi connectivity index (χ3n) is 2.97. The lowest BCUT2D eigenvalue weighted by molar-refractivity contribution is 0.252. The van der Waals surface area contributed by atoms with E-state index in [-0.39, 0.29) is 6.03 Å². The molecule has 0 saturated carbocycles. The van der Waals surface area contributed by atoms with Crippen LogP contribution < -0.4 is 10.6 Å². The summed E-state index contributed by atoms with van der Waals surface area (Å²) in [5.41, 5.74) is 1.77. The first-order valence-corrected chi connectivity index (χ1v) is 7.45. The summed E-state index contributed by atoms with van der Waals surface area (Å²) in [5.74, 6) is 0. The molecule has 0 unspecified atom stereocenters. The first-order chi connectivity index (χ1) is 10.2. The molecule has 2 aromatic carbocycles. The highest BCUT2D eigenvalue weighted by Gasteiger charge is 2.07. The summed E-state index contributed by atoms with van der Waals surface area (Å²) in [5, 5.41) is 6.24. The number of rotatable bonds is 5. The number of aryl methyl sites for hydroxylation is 1. The highest BCUT2D eigenvalue weighted by molar-refractivity contribution is 6.43. The van der Waals surface area contributed by atoms with Crippen LogP contribution in [0.15, 0.2) is 48.5 Å². The van der Waals surface area contributed by atoms with E-state index in [2.05, 4.69) is 22.8 Å². The Kier molecular flexibility index (Phi) is 5.90. The summed E-state index contributed by atoms with van der Waals surface area (Å²) in [6.45, 7) is 0.596. The van der Waals surface area contributed by atoms with Crippen molar-refractivity contribution in [2.45, 2.75) is 12.8 Å². The van der Waals surface area contributed by atoms with E-state index < -0.39 is 0 Å². The predicted molar refractivity (Wildman–Crippen MR) is 88.2 cm³/mol. The number of hydrogen-bond donors (Lipinski definition) is 2. The van der Waals surface area contributed by atoms with E-state index in [0.717, 1.165) is 12.8 Å². The number of halogens is 2. The largest absolute Gasteiger partial charge is 0.338 e. The van der Waals surface area contributed by atoms with Crippen molar-refractivity contribution in [2.75, 3.05) is 11.9 Å². The molecule has 0 aliphatic carbocycles. The number of nitrogens with one attached hydrogen (secondary N) is 2. The second kappa shape index (κ2) is 7.91. The van der Waals surface area contributed by atoms with E-state index in [1.54, 1.807) is 18.2 Å². The Morgan fingerprint density at radius 1 is 1.00 bits per heavy atom. The molecule has 0 bridgehead atoms. The normalized spacial score (nSPS) is 10.2. The Morgan fingerprint density at radius 2 is 1.76 bits per heavy atom. The van der Waals surface area contributed by atoms with Gasteiger partial charge in [0.05, 0.1) is 15.7 Å². The second-order valence-corrected chi connectivity index (χ2v) is 5.36. The van der Waals surface area contributed by atoms with E-state index in [4.69, 9.17) is 23.2 Å². The van der Waals surface area contributed by atoms with Crippen molar-refractivity contribution in [3.8, 4) is 0 Å². The molecule has 2 amide bonds. The number of amides is 2. The summed E-state index contributed by atoms with van der Waals surface area (Å²) in [7, 11) is 0. The van der Waals surface area contributed by atoms with Gasteiger partial charge in [-0.1, -0.05) is 59.6 Å². The smallest absolute Gasteiger partial charge is 0.319 e. The first-order valence-electron chi connectivity index (χ1n) is 6.69. The van der Waals surface area contributed by atoms with Crippen LogP contribution >= 0.6 is 23.2 Å². The highest BCUT2D eigenvalue weighted by atomic mass is 35.5. The van der Waals surface area contributed by atoms with Gasteiger partial charge in [-0.25, -0.2) is 4.79 Å². The molecule has 0 aromatic heterocycles. The van der Waals surface area contributed by atoms with Gasteiger partial charge >= 0.3 is 6.03 Å². The summed E-state index contributed by atoms with van der Waals surface area (Å²) >= 11 is 11.9. The molecule has 21 heavy (non-hydrogen) atoms. The molecule has 0 radical (unpaired) electrons. The number of hydrogen-bond acceptors (Lipinski definition) is 1. The van der Waals surface area contributed by atoms with Crippen LogP contribution in [0, 0.1) is 0 Å². The maximum Gasteiger partial charge on any atom is 0.319 e. The first kappa shape index (κ1) is 15.7. The summed E-state index contributed by atoms with van der Waals surface area (Å²) < 4.78 is 0. The number of benzene rings is 2. The molecule has 0 aliphatic heterocycles. The second-order valence-electron chi connectivity index (χ2n) is 4.57. The van der Waals surface area contributed by atoms with Crippen molar-refractivity contribution in [2.24, 2.45) is 0 Å². The molecule has 3 nitrogen and oxygen atoms in total. The van der Waals surface area contributed by atoms with E-state index >= 15 is 0 Å². The average Bonchev–Trinajstić information content (AvgIpc) is 2.49. The standard InChI is InChI=1S/C16H16Cl2N2O/c17-13-9-4-10-14(15(13)18)20-16(21)19-11-5-8-12-6-2-1-3-7-12/h1-4,6-7,9-10H,5,8,11H2,(H2,19,20,21). The molecule has 0 spiro atoms. The summed E-state index contributed by atoms with van der Waals surface area (Å²) in [6, 6.07) is 15.0. The summed E-state index contributed by atoms with van der Waals surface area (Å²) in [4.78, 5) is 11.8. The maximum absolute atomic E-state index is 11.8. The minimum Gasteiger partial charge on any atom is -0.338 e. The molecule has 0 saturated heterocycles. The lowest BCUT2D eigenvalue weighted by atomic mass is 10.1. The quantitative estimate of drug-likeness (QED) is 0.766. The minimum atomic E-state index is -0.285. The van der Waals surface area contributed by atoms with Gasteiger partial charge in [-0.3, -0.25) is 0 Å². The Balaban J connectivity index is 1.74. The zero-order valence-electron chi connectivity index (χ0n) is 11.4. The van der Waals surface area contributed by atoms with Crippen LogP contribution in [0.4, 0.5) is 10.5 Å². The van der Waals surface area contributed by atoms with Crippen LogP contribution in [0.5, 0.6) is 0 Å². The van der Waals surface area contributed by atoms with Gasteiger partial charge in [-0.05, 0) is 30.5 Å². The van der Waals surface area contributed by atoms with Crippen molar-refractivity contribution < 1.29 is 4.79 Å². The molecule has 2 rings (SSSR count). The van der Waals surface area contributed by atoms with Crippen molar-refractivity contribution >= 4 is 34.9 Å². The third kappa shape index (κ3) is 4.96. The van der Waals surface area contributed by atoms with Crippen molar-refractivity contribution in [1.82, 2.24) is 5.32 Å². The third-order valence-corrected chi connectivity index (χ3v) is 3.79. The molecule has 110 valence electrons. The van der Waals surface area contributed by atoms with Crippen molar-refractivity contribution in [3.05, 3.63) is 64.1 Å². The fourth-order valence-electron chi connectivity index (χ4n) is 1.91. The zero-order valence-corrected chi connectivity index (χ0v) is 12.9. The van der Waals surface area contributed by atoms with Crippen LogP contribution in [0.3, 0.4) is 0 Å². The van der Waals surface area contributed by atoms with E-state index in [1.807, 2.05) is 18.2 Å². The Hall–Kier alpha value is -1.71. The predicted octanol–water partition coefficient (Wildman–Crippen LogP) is 4.75. The molecule has 2 aromatic rings. The van der Waals surface area contributed by atoms with Gasteiger partial charge in [0.25, 0.3) is 0 Å². The highest BCUT2D eigenvalue weighted by Crippen LogP contribution is 2.29. The van der Waals surface area contributed by atoms with Gasteiger partial charge < -0.3 is 10.6 Å². The zero-order chi connectivity index (χ0) is 15.1. The maximum atomic E-state index is 11.8. The van der Waals surface area contributed by atoms with Gasteiger partial charge in [0.15, 0.2) is 0 Å². The molecular weight excluding hydrogens is 307 g/mol. The number of carbonyl (C=O) groups excluding carboxylic acids is 1.